The molecule has 0 bridgehead atoms. The highest BCUT2D eigenvalue weighted by Crippen LogP contribution is 2.23. The quantitative estimate of drug-likeness (QED) is 0.608. The van der Waals surface area contributed by atoms with Crippen LogP contribution in [0.15, 0.2) is 4.79 Å². The molecule has 0 amide bonds. The molecule has 1 aliphatic rings. The summed E-state index contributed by atoms with van der Waals surface area (Å²) in [6.07, 6.45) is 4.06. The number of rotatable bonds is 2. The summed E-state index contributed by atoms with van der Waals surface area (Å²) < 4.78 is 0. The predicted molar refractivity (Wildman–Crippen MR) is 50.6 cm³/mol. The van der Waals surface area contributed by atoms with Gasteiger partial charge < -0.3 is 10.8 Å². The predicted octanol–water partition coefficient (Wildman–Crippen LogP) is 0.157. The number of fused-ring (bicyclic) bond motifs is 1. The molecular weight excluding hydrogens is 166 g/mol. The Balaban J connectivity index is 2.18. The molecule has 4 heteroatoms. The fourth-order valence-electron chi connectivity index (χ4n) is 2.07. The van der Waals surface area contributed by atoms with Crippen LogP contribution in [0.25, 0.3) is 0 Å². The highest BCUT2D eigenvalue weighted by Gasteiger charge is 2.21. The first-order valence-electron chi connectivity index (χ1n) is 4.79. The molecule has 1 aromatic rings. The molecule has 0 fully saturated rings. The van der Waals surface area contributed by atoms with Gasteiger partial charge in [-0.2, -0.15) is 0 Å². The Bertz CT molecular complexity index is 339. The maximum atomic E-state index is 11.3. The molecule has 1 heterocycles. The second kappa shape index (κ2) is 3.38. The van der Waals surface area contributed by atoms with Crippen molar-refractivity contribution in [1.29, 1.82) is 0 Å². The Hall–Kier alpha value is -1.03. The molecule has 72 valence electrons. The van der Waals surface area contributed by atoms with E-state index in [0.717, 1.165) is 43.5 Å². The number of nitrogens with one attached hydrogen (secondary N) is 2. The van der Waals surface area contributed by atoms with E-state index in [0.29, 0.717) is 5.92 Å². The largest absolute Gasteiger partial charge is 0.330 e. The minimum Gasteiger partial charge on any atom is -0.330 e. The molecule has 1 aliphatic carbocycles. The molecule has 1 aromatic heterocycles. The van der Waals surface area contributed by atoms with E-state index < -0.39 is 0 Å². The Morgan fingerprint density at radius 1 is 1.46 bits per heavy atom. The molecule has 0 aromatic carbocycles. The molecule has 13 heavy (non-hydrogen) atoms. The highest BCUT2D eigenvalue weighted by molar-refractivity contribution is 5.20. The van der Waals surface area contributed by atoms with Gasteiger partial charge in [0.1, 0.15) is 0 Å². The van der Waals surface area contributed by atoms with Crippen LogP contribution in [0.4, 0.5) is 0 Å². The standard InChI is InChI=1S/C9H15N3O/c10-4-3-6-1-2-8-7(5-6)9(13)12-11-8/h6H,1-5,10H2,(H2,11,12,13). The van der Waals surface area contributed by atoms with Gasteiger partial charge in [-0.3, -0.25) is 9.89 Å². The summed E-state index contributed by atoms with van der Waals surface area (Å²) >= 11 is 0. The minimum absolute atomic E-state index is 0.0525. The average Bonchev–Trinajstić information content (AvgIpc) is 2.49. The van der Waals surface area contributed by atoms with Crippen molar-refractivity contribution < 1.29 is 0 Å². The van der Waals surface area contributed by atoms with Crippen LogP contribution in [0.1, 0.15) is 24.1 Å². The lowest BCUT2D eigenvalue weighted by atomic mass is 9.86. The molecule has 2 rings (SSSR count). The van der Waals surface area contributed by atoms with E-state index in [2.05, 4.69) is 10.2 Å². The van der Waals surface area contributed by atoms with Crippen molar-refractivity contribution in [3.05, 3.63) is 21.6 Å². The topological polar surface area (TPSA) is 74.7 Å². The van der Waals surface area contributed by atoms with Crippen molar-refractivity contribution in [2.45, 2.75) is 25.7 Å². The first kappa shape index (κ1) is 8.56. The zero-order valence-electron chi connectivity index (χ0n) is 7.60. The molecule has 4 nitrogen and oxygen atoms in total. The summed E-state index contributed by atoms with van der Waals surface area (Å²) in [6.45, 7) is 0.725. The number of aromatic amines is 2. The van der Waals surface area contributed by atoms with Crippen LogP contribution < -0.4 is 11.3 Å². The SMILES string of the molecule is NCCC1CCc2[nH][nH]c(=O)c2C1. The van der Waals surface area contributed by atoms with Gasteiger partial charge in [0.05, 0.1) is 0 Å². The molecule has 0 aliphatic heterocycles. The zero-order valence-corrected chi connectivity index (χ0v) is 7.60. The van der Waals surface area contributed by atoms with Crippen LogP contribution in [-0.2, 0) is 12.8 Å². The van der Waals surface area contributed by atoms with Gasteiger partial charge in [-0.25, -0.2) is 0 Å². The maximum Gasteiger partial charge on any atom is 0.267 e. The number of aryl methyl sites for hydroxylation is 1. The van der Waals surface area contributed by atoms with Crippen LogP contribution in [0.2, 0.25) is 0 Å². The van der Waals surface area contributed by atoms with Gasteiger partial charge in [0.25, 0.3) is 5.56 Å². The lowest BCUT2D eigenvalue weighted by Crippen LogP contribution is -2.20. The first-order chi connectivity index (χ1) is 6.31. The third kappa shape index (κ3) is 1.54. The Kier molecular flexibility index (Phi) is 2.22. The molecule has 0 saturated carbocycles. The fourth-order valence-corrected chi connectivity index (χ4v) is 2.07. The van der Waals surface area contributed by atoms with Crippen LogP contribution in [0.5, 0.6) is 0 Å². The van der Waals surface area contributed by atoms with E-state index in [1.54, 1.807) is 0 Å². The van der Waals surface area contributed by atoms with Gasteiger partial charge in [0.2, 0.25) is 0 Å². The number of hydrogen-bond acceptors (Lipinski definition) is 2. The summed E-state index contributed by atoms with van der Waals surface area (Å²) in [5, 5.41) is 5.55. The summed E-state index contributed by atoms with van der Waals surface area (Å²) in [4.78, 5) is 11.3. The summed E-state index contributed by atoms with van der Waals surface area (Å²) in [5.41, 5.74) is 7.60. The molecule has 0 radical (unpaired) electrons. The van der Waals surface area contributed by atoms with Crippen LogP contribution >= 0.6 is 0 Å². The number of aromatic nitrogens is 2. The van der Waals surface area contributed by atoms with Crippen LogP contribution in [0.3, 0.4) is 0 Å². The Labute approximate surface area is 76.5 Å². The van der Waals surface area contributed by atoms with Gasteiger partial charge in [-0.15, -0.1) is 0 Å². The summed E-state index contributed by atoms with van der Waals surface area (Å²) in [7, 11) is 0. The monoisotopic (exact) mass is 181 g/mol. The first-order valence-corrected chi connectivity index (χ1v) is 4.79. The second-order valence-corrected chi connectivity index (χ2v) is 3.72. The third-order valence-electron chi connectivity index (χ3n) is 2.84. The van der Waals surface area contributed by atoms with E-state index in [-0.39, 0.29) is 5.56 Å². The third-order valence-corrected chi connectivity index (χ3v) is 2.84. The zero-order chi connectivity index (χ0) is 9.26. The van der Waals surface area contributed by atoms with Crippen LogP contribution in [0, 0.1) is 5.92 Å². The molecule has 0 saturated heterocycles. The minimum atomic E-state index is 0.0525. The van der Waals surface area contributed by atoms with Crippen molar-refractivity contribution in [3.63, 3.8) is 0 Å². The van der Waals surface area contributed by atoms with E-state index in [1.165, 1.54) is 0 Å². The van der Waals surface area contributed by atoms with E-state index >= 15 is 0 Å². The molecule has 4 N–H and O–H groups in total. The van der Waals surface area contributed by atoms with Gasteiger partial charge in [-0.05, 0) is 38.1 Å². The van der Waals surface area contributed by atoms with Gasteiger partial charge in [0.15, 0.2) is 0 Å². The second-order valence-electron chi connectivity index (χ2n) is 3.72. The molecular formula is C9H15N3O. The molecule has 0 spiro atoms. The van der Waals surface area contributed by atoms with Gasteiger partial charge in [-0.1, -0.05) is 0 Å². The fraction of sp³-hybridized carbons (Fsp3) is 0.667. The number of nitrogens with two attached hydrogens (primary N) is 1. The summed E-state index contributed by atoms with van der Waals surface area (Å²) in [6, 6.07) is 0. The van der Waals surface area contributed by atoms with Crippen molar-refractivity contribution in [1.82, 2.24) is 10.2 Å². The maximum absolute atomic E-state index is 11.3. The van der Waals surface area contributed by atoms with Crippen molar-refractivity contribution >= 4 is 0 Å². The molecule has 1 unspecified atom stereocenters. The lowest BCUT2D eigenvalue weighted by Gasteiger charge is -2.19. The van der Waals surface area contributed by atoms with Crippen LogP contribution in [-0.4, -0.2) is 16.7 Å². The van der Waals surface area contributed by atoms with Gasteiger partial charge >= 0.3 is 0 Å². The average molecular weight is 181 g/mol. The van der Waals surface area contributed by atoms with Gasteiger partial charge in [0, 0.05) is 11.3 Å². The van der Waals surface area contributed by atoms with Crippen molar-refractivity contribution in [2.75, 3.05) is 6.54 Å². The Morgan fingerprint density at radius 2 is 2.31 bits per heavy atom. The van der Waals surface area contributed by atoms with E-state index in [4.69, 9.17) is 5.73 Å². The van der Waals surface area contributed by atoms with Crippen molar-refractivity contribution in [2.24, 2.45) is 11.7 Å². The Morgan fingerprint density at radius 3 is 3.08 bits per heavy atom. The van der Waals surface area contributed by atoms with E-state index in [9.17, 15) is 4.79 Å². The van der Waals surface area contributed by atoms with Crippen molar-refractivity contribution in [3.8, 4) is 0 Å². The lowest BCUT2D eigenvalue weighted by molar-refractivity contribution is 0.430. The number of hydrogen-bond donors (Lipinski definition) is 3. The highest BCUT2D eigenvalue weighted by atomic mass is 16.1. The van der Waals surface area contributed by atoms with E-state index in [1.807, 2.05) is 0 Å². The smallest absolute Gasteiger partial charge is 0.267 e. The summed E-state index contributed by atoms with van der Waals surface area (Å²) in [5.74, 6) is 0.606. The normalized spacial score (nSPS) is 21.5. The molecule has 1 atom stereocenters. The number of H-pyrrole nitrogens is 2.